The van der Waals surface area contributed by atoms with E-state index in [1.54, 1.807) is 21.7 Å². The molecule has 1 aromatic carbocycles. The van der Waals surface area contributed by atoms with E-state index in [1.807, 2.05) is 19.1 Å². The summed E-state index contributed by atoms with van der Waals surface area (Å²) >= 11 is 6.05. The number of carboxylic acid groups (broad SMARTS) is 1. The highest BCUT2D eigenvalue weighted by Gasteiger charge is 2.33. The second-order valence-electron chi connectivity index (χ2n) is 6.10. The lowest BCUT2D eigenvalue weighted by Crippen LogP contribution is -2.31. The van der Waals surface area contributed by atoms with Crippen molar-refractivity contribution in [3.63, 3.8) is 0 Å². The van der Waals surface area contributed by atoms with Crippen LogP contribution < -0.4 is 0 Å². The summed E-state index contributed by atoms with van der Waals surface area (Å²) in [4.78, 5) is 25.5. The van der Waals surface area contributed by atoms with Gasteiger partial charge in [-0.3, -0.25) is 9.59 Å². The molecule has 1 aliphatic heterocycles. The predicted octanol–water partition coefficient (Wildman–Crippen LogP) is 2.42. The van der Waals surface area contributed by atoms with Crippen molar-refractivity contribution in [2.24, 2.45) is 5.92 Å². The van der Waals surface area contributed by atoms with E-state index in [0.717, 1.165) is 12.1 Å². The van der Waals surface area contributed by atoms with Gasteiger partial charge in [-0.2, -0.15) is 0 Å². The van der Waals surface area contributed by atoms with Crippen LogP contribution in [0.4, 0.5) is 0 Å². The molecule has 1 aromatic heterocycles. The second-order valence-corrected chi connectivity index (χ2v) is 6.54. The van der Waals surface area contributed by atoms with E-state index in [9.17, 15) is 9.59 Å². The number of halogens is 1. The Labute approximate surface area is 150 Å². The van der Waals surface area contributed by atoms with E-state index in [4.69, 9.17) is 16.7 Å². The maximum Gasteiger partial charge on any atom is 0.308 e. The highest BCUT2D eigenvalue weighted by molar-refractivity contribution is 6.30. The minimum atomic E-state index is -0.869. The number of hydrogen-bond donors (Lipinski definition) is 1. The molecular weight excluding hydrogens is 344 g/mol. The summed E-state index contributed by atoms with van der Waals surface area (Å²) in [6, 6.07) is 7.20. The molecule has 7 nitrogen and oxygen atoms in total. The number of aromatic nitrogens is 3. The van der Waals surface area contributed by atoms with Crippen LogP contribution in [-0.4, -0.2) is 50.0 Å². The first kappa shape index (κ1) is 17.4. The van der Waals surface area contributed by atoms with Crippen LogP contribution in [0.1, 0.15) is 35.9 Å². The Kier molecular flexibility index (Phi) is 5.03. The van der Waals surface area contributed by atoms with E-state index in [2.05, 4.69) is 10.3 Å². The SMILES string of the molecule is CCCc1c(C(=O)N2CC[C@H](C(=O)O)C2)nnn1-c1cccc(Cl)c1. The molecular formula is C17H19ClN4O3. The molecule has 2 aromatic rings. The zero-order valence-electron chi connectivity index (χ0n) is 13.9. The molecule has 132 valence electrons. The number of hydrogen-bond acceptors (Lipinski definition) is 4. The molecule has 3 rings (SSSR count). The van der Waals surface area contributed by atoms with Gasteiger partial charge in [0.1, 0.15) is 0 Å². The average Bonchev–Trinajstić information content (AvgIpc) is 3.22. The van der Waals surface area contributed by atoms with Crippen molar-refractivity contribution in [1.29, 1.82) is 0 Å². The Bertz CT molecular complexity index is 805. The number of likely N-dealkylation sites (tertiary alicyclic amines) is 1. The summed E-state index contributed by atoms with van der Waals surface area (Å²) in [5.41, 5.74) is 1.74. The third-order valence-corrected chi connectivity index (χ3v) is 4.57. The zero-order valence-corrected chi connectivity index (χ0v) is 14.6. The fourth-order valence-electron chi connectivity index (χ4n) is 3.04. The van der Waals surface area contributed by atoms with Gasteiger partial charge in [0.2, 0.25) is 0 Å². The highest BCUT2D eigenvalue weighted by atomic mass is 35.5. The molecule has 1 aliphatic rings. The number of nitrogens with zero attached hydrogens (tertiary/aromatic N) is 4. The lowest BCUT2D eigenvalue weighted by Gasteiger charge is -2.15. The molecule has 25 heavy (non-hydrogen) atoms. The summed E-state index contributed by atoms with van der Waals surface area (Å²) < 4.78 is 1.63. The van der Waals surface area contributed by atoms with E-state index in [-0.39, 0.29) is 18.1 Å². The molecule has 2 heterocycles. The predicted molar refractivity (Wildman–Crippen MR) is 92.0 cm³/mol. The number of carbonyl (C=O) groups excluding carboxylic acids is 1. The fraction of sp³-hybridized carbons (Fsp3) is 0.412. The van der Waals surface area contributed by atoms with Crippen molar-refractivity contribution in [3.05, 3.63) is 40.7 Å². The van der Waals surface area contributed by atoms with Crippen LogP contribution >= 0.6 is 11.6 Å². The van der Waals surface area contributed by atoms with Gasteiger partial charge in [0, 0.05) is 18.1 Å². The summed E-state index contributed by atoms with van der Waals surface area (Å²) in [5, 5.41) is 17.9. The summed E-state index contributed by atoms with van der Waals surface area (Å²) in [5.74, 6) is -1.64. The molecule has 1 amide bonds. The minimum absolute atomic E-state index is 0.212. The standard InChI is InChI=1S/C17H19ClN4O3/c1-2-4-14-15(16(23)21-8-7-11(10-21)17(24)25)19-20-22(14)13-6-3-5-12(18)9-13/h3,5-6,9,11H,2,4,7-8,10H2,1H3,(H,24,25)/t11-/m0/s1. The Morgan fingerprint density at radius 1 is 1.40 bits per heavy atom. The molecule has 0 spiro atoms. The summed E-state index contributed by atoms with van der Waals surface area (Å²) in [6.45, 7) is 2.65. The first-order chi connectivity index (χ1) is 12.0. The highest BCUT2D eigenvalue weighted by Crippen LogP contribution is 2.22. The van der Waals surface area contributed by atoms with Crippen LogP contribution in [-0.2, 0) is 11.2 Å². The van der Waals surface area contributed by atoms with Gasteiger partial charge < -0.3 is 10.0 Å². The van der Waals surface area contributed by atoms with Gasteiger partial charge in [0.25, 0.3) is 5.91 Å². The van der Waals surface area contributed by atoms with Crippen molar-refractivity contribution in [2.75, 3.05) is 13.1 Å². The fourth-order valence-corrected chi connectivity index (χ4v) is 3.22. The van der Waals surface area contributed by atoms with Crippen LogP contribution in [0.2, 0.25) is 5.02 Å². The molecule has 1 saturated heterocycles. The van der Waals surface area contributed by atoms with E-state index in [1.165, 1.54) is 0 Å². The van der Waals surface area contributed by atoms with Crippen molar-refractivity contribution in [1.82, 2.24) is 19.9 Å². The van der Waals surface area contributed by atoms with Crippen molar-refractivity contribution in [2.45, 2.75) is 26.2 Å². The Morgan fingerprint density at radius 2 is 2.20 bits per heavy atom. The number of benzene rings is 1. The third-order valence-electron chi connectivity index (χ3n) is 4.33. The van der Waals surface area contributed by atoms with E-state index in [0.29, 0.717) is 30.1 Å². The zero-order chi connectivity index (χ0) is 18.0. The van der Waals surface area contributed by atoms with Crippen LogP contribution in [0.5, 0.6) is 0 Å². The van der Waals surface area contributed by atoms with Gasteiger partial charge in [0.15, 0.2) is 5.69 Å². The maximum atomic E-state index is 12.8. The molecule has 1 N–H and O–H groups in total. The van der Waals surface area contributed by atoms with Crippen molar-refractivity contribution < 1.29 is 14.7 Å². The van der Waals surface area contributed by atoms with Gasteiger partial charge in [-0.1, -0.05) is 36.2 Å². The summed E-state index contributed by atoms with van der Waals surface area (Å²) in [7, 11) is 0. The molecule has 8 heteroatoms. The molecule has 0 saturated carbocycles. The Hall–Kier alpha value is -2.41. The van der Waals surface area contributed by atoms with Gasteiger partial charge >= 0.3 is 5.97 Å². The number of carbonyl (C=O) groups is 2. The van der Waals surface area contributed by atoms with Crippen LogP contribution in [0.25, 0.3) is 5.69 Å². The summed E-state index contributed by atoms with van der Waals surface area (Å²) in [6.07, 6.45) is 1.93. The molecule has 0 radical (unpaired) electrons. The molecule has 0 bridgehead atoms. The molecule has 1 fully saturated rings. The van der Waals surface area contributed by atoms with Gasteiger partial charge in [-0.05, 0) is 31.0 Å². The topological polar surface area (TPSA) is 88.3 Å². The number of amides is 1. The molecule has 1 atom stereocenters. The second kappa shape index (κ2) is 7.23. The largest absolute Gasteiger partial charge is 0.481 e. The van der Waals surface area contributed by atoms with Gasteiger partial charge in [0.05, 0.1) is 17.3 Å². The number of rotatable bonds is 5. The average molecular weight is 363 g/mol. The number of carboxylic acids is 1. The lowest BCUT2D eigenvalue weighted by atomic mass is 10.1. The number of aliphatic carboxylic acids is 1. The smallest absolute Gasteiger partial charge is 0.308 e. The quantitative estimate of drug-likeness (QED) is 0.882. The van der Waals surface area contributed by atoms with E-state index < -0.39 is 11.9 Å². The monoisotopic (exact) mass is 362 g/mol. The first-order valence-corrected chi connectivity index (χ1v) is 8.61. The molecule has 0 aliphatic carbocycles. The molecule has 0 unspecified atom stereocenters. The third kappa shape index (κ3) is 3.51. The first-order valence-electron chi connectivity index (χ1n) is 8.23. The van der Waals surface area contributed by atoms with Crippen LogP contribution in [0.3, 0.4) is 0 Å². The normalized spacial score (nSPS) is 17.0. The van der Waals surface area contributed by atoms with Gasteiger partial charge in [-0.15, -0.1) is 5.10 Å². The van der Waals surface area contributed by atoms with Crippen LogP contribution in [0, 0.1) is 5.92 Å². The Morgan fingerprint density at radius 3 is 2.84 bits per heavy atom. The minimum Gasteiger partial charge on any atom is -0.481 e. The maximum absolute atomic E-state index is 12.8. The van der Waals surface area contributed by atoms with Gasteiger partial charge in [-0.25, -0.2) is 4.68 Å². The van der Waals surface area contributed by atoms with Crippen molar-refractivity contribution in [3.8, 4) is 5.69 Å². The lowest BCUT2D eigenvalue weighted by molar-refractivity contribution is -0.141. The van der Waals surface area contributed by atoms with Crippen molar-refractivity contribution >= 4 is 23.5 Å². The van der Waals surface area contributed by atoms with E-state index >= 15 is 0 Å². The van der Waals surface area contributed by atoms with Crippen LogP contribution in [0.15, 0.2) is 24.3 Å². The Balaban J connectivity index is 1.92.